The van der Waals surface area contributed by atoms with E-state index in [1.165, 1.54) is 19.3 Å². The van der Waals surface area contributed by atoms with E-state index in [1.807, 2.05) is 0 Å². The fourth-order valence-electron chi connectivity index (χ4n) is 1.88. The van der Waals surface area contributed by atoms with Gasteiger partial charge >= 0.3 is 0 Å². The van der Waals surface area contributed by atoms with Crippen LogP contribution < -0.4 is 4.90 Å². The van der Waals surface area contributed by atoms with Crippen LogP contribution >= 0.6 is 23.4 Å². The predicted molar refractivity (Wildman–Crippen MR) is 76.5 cm³/mol. The van der Waals surface area contributed by atoms with Gasteiger partial charge in [-0.15, -0.1) is 0 Å². The second-order valence-electron chi connectivity index (χ2n) is 5.45. The van der Waals surface area contributed by atoms with E-state index in [-0.39, 0.29) is 10.0 Å². The fraction of sp³-hybridized carbons (Fsp3) is 0.750. The van der Waals surface area contributed by atoms with Crippen molar-refractivity contribution in [2.45, 2.75) is 49.9 Å². The quantitative estimate of drug-likeness (QED) is 0.780. The first-order chi connectivity index (χ1) is 8.44. The molecule has 4 nitrogen and oxygen atoms in total. The largest absolute Gasteiger partial charge is 0.341 e. The smallest absolute Gasteiger partial charge is 0.230 e. The Morgan fingerprint density at radius 1 is 1.06 bits per heavy atom. The molecule has 2 heterocycles. The maximum absolute atomic E-state index is 6.00. The molecule has 18 heavy (non-hydrogen) atoms. The topological polar surface area (TPSA) is 41.9 Å². The summed E-state index contributed by atoms with van der Waals surface area (Å²) in [7, 11) is 0. The summed E-state index contributed by atoms with van der Waals surface area (Å²) >= 11 is 7.62. The number of hydrogen-bond acceptors (Lipinski definition) is 5. The Morgan fingerprint density at radius 2 is 1.72 bits per heavy atom. The standard InChI is InChI=1S/C12H19ClN4S/c1-12(2,3)18-11-15-9(13)14-10(16-11)17-7-5-4-6-8-17/h4-8H2,1-3H3. The third-order valence-corrected chi connectivity index (χ3v) is 3.76. The molecule has 6 heteroatoms. The Hall–Kier alpha value is -0.550. The first-order valence-electron chi connectivity index (χ1n) is 6.29. The molecule has 0 bridgehead atoms. The second kappa shape index (κ2) is 5.61. The molecular weight excluding hydrogens is 268 g/mol. The summed E-state index contributed by atoms with van der Waals surface area (Å²) in [5.74, 6) is 0.724. The van der Waals surface area contributed by atoms with Crippen molar-refractivity contribution in [1.29, 1.82) is 0 Å². The molecule has 1 fully saturated rings. The molecule has 1 saturated heterocycles. The number of nitrogens with zero attached hydrogens (tertiary/aromatic N) is 4. The van der Waals surface area contributed by atoms with Crippen molar-refractivity contribution >= 4 is 29.3 Å². The zero-order chi connectivity index (χ0) is 13.2. The van der Waals surface area contributed by atoms with Crippen LogP contribution in [-0.4, -0.2) is 32.8 Å². The Morgan fingerprint density at radius 3 is 2.33 bits per heavy atom. The zero-order valence-electron chi connectivity index (χ0n) is 11.1. The Labute approximate surface area is 118 Å². The molecule has 0 radical (unpaired) electrons. The summed E-state index contributed by atoms with van der Waals surface area (Å²) in [5, 5.41) is 1.00. The van der Waals surface area contributed by atoms with Crippen LogP contribution in [0.1, 0.15) is 40.0 Å². The molecule has 1 aliphatic heterocycles. The van der Waals surface area contributed by atoms with Crippen molar-refractivity contribution in [2.75, 3.05) is 18.0 Å². The normalized spacial score (nSPS) is 17.0. The second-order valence-corrected chi connectivity index (χ2v) is 7.58. The van der Waals surface area contributed by atoms with E-state index in [4.69, 9.17) is 11.6 Å². The summed E-state index contributed by atoms with van der Waals surface area (Å²) in [5.41, 5.74) is 0. The van der Waals surface area contributed by atoms with Crippen LogP contribution in [0.4, 0.5) is 5.95 Å². The van der Waals surface area contributed by atoms with Gasteiger partial charge in [0.1, 0.15) is 0 Å². The minimum Gasteiger partial charge on any atom is -0.341 e. The molecule has 0 unspecified atom stereocenters. The van der Waals surface area contributed by atoms with Gasteiger partial charge in [-0.1, -0.05) is 32.5 Å². The van der Waals surface area contributed by atoms with Crippen LogP contribution in [0.15, 0.2) is 5.16 Å². The van der Waals surface area contributed by atoms with Crippen LogP contribution in [0.2, 0.25) is 5.28 Å². The molecule has 0 N–H and O–H groups in total. The van der Waals surface area contributed by atoms with Gasteiger partial charge in [-0.3, -0.25) is 0 Å². The van der Waals surface area contributed by atoms with Crippen molar-refractivity contribution in [1.82, 2.24) is 15.0 Å². The number of hydrogen-bond donors (Lipinski definition) is 0. The Kier molecular flexibility index (Phi) is 4.33. The van der Waals surface area contributed by atoms with Crippen LogP contribution in [0, 0.1) is 0 Å². The molecule has 0 amide bonds. The van der Waals surface area contributed by atoms with Crippen molar-refractivity contribution in [3.05, 3.63) is 5.28 Å². The highest BCUT2D eigenvalue weighted by Gasteiger charge is 2.19. The number of piperidine rings is 1. The molecule has 0 saturated carbocycles. The van der Waals surface area contributed by atoms with E-state index < -0.39 is 0 Å². The van der Waals surface area contributed by atoms with E-state index in [0.29, 0.717) is 5.16 Å². The maximum Gasteiger partial charge on any atom is 0.230 e. The molecule has 2 rings (SSSR count). The first kappa shape index (κ1) is 13.9. The van der Waals surface area contributed by atoms with Crippen molar-refractivity contribution in [3.8, 4) is 0 Å². The summed E-state index contributed by atoms with van der Waals surface area (Å²) < 4.78 is 0.0733. The Balaban J connectivity index is 2.20. The minimum atomic E-state index is 0.0733. The molecule has 0 aliphatic carbocycles. The van der Waals surface area contributed by atoms with Gasteiger partial charge in [0.15, 0.2) is 5.16 Å². The maximum atomic E-state index is 6.00. The lowest BCUT2D eigenvalue weighted by atomic mass is 10.1. The molecule has 0 atom stereocenters. The predicted octanol–water partition coefficient (Wildman–Crippen LogP) is 3.41. The summed E-state index contributed by atoms with van der Waals surface area (Å²) in [6.07, 6.45) is 3.69. The number of aromatic nitrogens is 3. The van der Waals surface area contributed by atoms with Crippen molar-refractivity contribution in [3.63, 3.8) is 0 Å². The van der Waals surface area contributed by atoms with E-state index in [0.717, 1.165) is 19.0 Å². The van der Waals surface area contributed by atoms with Gasteiger partial charge < -0.3 is 4.90 Å². The highest BCUT2D eigenvalue weighted by atomic mass is 35.5. The first-order valence-corrected chi connectivity index (χ1v) is 7.49. The van der Waals surface area contributed by atoms with Crippen molar-refractivity contribution < 1.29 is 0 Å². The van der Waals surface area contributed by atoms with Gasteiger partial charge in [-0.25, -0.2) is 0 Å². The fourth-order valence-corrected chi connectivity index (χ4v) is 2.89. The number of anilines is 1. The third-order valence-electron chi connectivity index (χ3n) is 2.61. The van der Waals surface area contributed by atoms with E-state index in [9.17, 15) is 0 Å². The van der Waals surface area contributed by atoms with Gasteiger partial charge in [0.25, 0.3) is 0 Å². The highest BCUT2D eigenvalue weighted by Crippen LogP contribution is 2.30. The lowest BCUT2D eigenvalue weighted by molar-refractivity contribution is 0.564. The lowest BCUT2D eigenvalue weighted by Gasteiger charge is -2.27. The zero-order valence-corrected chi connectivity index (χ0v) is 12.7. The van der Waals surface area contributed by atoms with Crippen LogP contribution in [0.5, 0.6) is 0 Å². The van der Waals surface area contributed by atoms with E-state index >= 15 is 0 Å². The Bertz CT molecular complexity index is 413. The van der Waals surface area contributed by atoms with Gasteiger partial charge in [0.05, 0.1) is 0 Å². The molecule has 0 aromatic carbocycles. The highest BCUT2D eigenvalue weighted by molar-refractivity contribution is 8.00. The third kappa shape index (κ3) is 3.99. The van der Waals surface area contributed by atoms with Crippen LogP contribution in [0.25, 0.3) is 0 Å². The van der Waals surface area contributed by atoms with Crippen molar-refractivity contribution in [2.24, 2.45) is 0 Å². The molecule has 0 spiro atoms. The number of rotatable bonds is 2. The molecule has 100 valence electrons. The molecule has 1 aromatic heterocycles. The van der Waals surface area contributed by atoms with Gasteiger partial charge in [0.2, 0.25) is 11.2 Å². The molecule has 1 aromatic rings. The SMILES string of the molecule is CC(C)(C)Sc1nc(Cl)nc(N2CCCCC2)n1. The van der Waals surface area contributed by atoms with Gasteiger partial charge in [-0.2, -0.15) is 15.0 Å². The average Bonchev–Trinajstić information content (AvgIpc) is 2.27. The number of halogens is 1. The average molecular weight is 287 g/mol. The van der Waals surface area contributed by atoms with Gasteiger partial charge in [0, 0.05) is 17.8 Å². The minimum absolute atomic E-state index is 0.0733. The van der Waals surface area contributed by atoms with Gasteiger partial charge in [-0.05, 0) is 30.9 Å². The summed E-state index contributed by atoms with van der Waals surface area (Å²) in [6, 6.07) is 0. The molecular formula is C12H19ClN4S. The van der Waals surface area contributed by atoms with E-state index in [1.54, 1.807) is 11.8 Å². The molecule has 1 aliphatic rings. The van der Waals surface area contributed by atoms with Crippen LogP contribution in [0.3, 0.4) is 0 Å². The lowest BCUT2D eigenvalue weighted by Crippen LogP contribution is -2.31. The van der Waals surface area contributed by atoms with Crippen LogP contribution in [-0.2, 0) is 0 Å². The monoisotopic (exact) mass is 286 g/mol. The van der Waals surface area contributed by atoms with E-state index in [2.05, 4.69) is 40.6 Å². The number of thioether (sulfide) groups is 1. The summed E-state index contributed by atoms with van der Waals surface area (Å²) in [6.45, 7) is 8.43. The summed E-state index contributed by atoms with van der Waals surface area (Å²) in [4.78, 5) is 15.2.